The average molecular weight is 296 g/mol. The minimum Gasteiger partial charge on any atom is -0.481 e. The van der Waals surface area contributed by atoms with E-state index in [4.69, 9.17) is 5.11 Å². The van der Waals surface area contributed by atoms with E-state index in [-0.39, 0.29) is 39.1 Å². The van der Waals surface area contributed by atoms with Crippen molar-refractivity contribution in [2.75, 3.05) is 19.0 Å². The smallest absolute Gasteiger partial charge is 0.303 e. The van der Waals surface area contributed by atoms with Crippen LogP contribution in [-0.4, -0.2) is 25.2 Å². The number of hydrogen-bond donors (Lipinski definition) is 1. The summed E-state index contributed by atoms with van der Waals surface area (Å²) in [6, 6.07) is 6.08. The minimum atomic E-state index is -0.746. The standard InChI is InChI=1S/C12H17NO2.Y/c1-9-8-10(5-7-12(14)15)4-6-11(9)13(2)3;/h4,6,8H,5,7H2,1-3H3,(H,14,15);. The molecule has 0 atom stereocenters. The molecule has 0 aliphatic heterocycles. The number of hydrogen-bond acceptors (Lipinski definition) is 2. The molecule has 0 aliphatic carbocycles. The summed E-state index contributed by atoms with van der Waals surface area (Å²) < 4.78 is 0. The van der Waals surface area contributed by atoms with E-state index >= 15 is 0 Å². The van der Waals surface area contributed by atoms with Crippen LogP contribution >= 0.6 is 0 Å². The molecule has 3 nitrogen and oxygen atoms in total. The van der Waals surface area contributed by atoms with Crippen molar-refractivity contribution in [3.63, 3.8) is 0 Å². The van der Waals surface area contributed by atoms with Crippen molar-refractivity contribution in [1.82, 2.24) is 0 Å². The second-order valence-corrected chi connectivity index (χ2v) is 3.91. The van der Waals surface area contributed by atoms with Crippen molar-refractivity contribution < 1.29 is 42.6 Å². The summed E-state index contributed by atoms with van der Waals surface area (Å²) in [5, 5.41) is 8.58. The van der Waals surface area contributed by atoms with Crippen molar-refractivity contribution in [1.29, 1.82) is 0 Å². The quantitative estimate of drug-likeness (QED) is 0.925. The number of nitrogens with zero attached hydrogens (tertiary/aromatic N) is 1. The van der Waals surface area contributed by atoms with Crippen molar-refractivity contribution in [2.45, 2.75) is 19.8 Å². The molecule has 0 amide bonds. The zero-order chi connectivity index (χ0) is 11.4. The Kier molecular flexibility index (Phi) is 6.85. The Balaban J connectivity index is 0.00000225. The van der Waals surface area contributed by atoms with E-state index < -0.39 is 5.97 Å². The van der Waals surface area contributed by atoms with Crippen LogP contribution < -0.4 is 4.90 Å². The number of aryl methyl sites for hydroxylation is 2. The Morgan fingerprint density at radius 1 is 1.38 bits per heavy atom. The van der Waals surface area contributed by atoms with Crippen LogP contribution in [0, 0.1) is 6.92 Å². The van der Waals surface area contributed by atoms with Crippen molar-refractivity contribution >= 4 is 11.7 Å². The maximum Gasteiger partial charge on any atom is 0.303 e. The van der Waals surface area contributed by atoms with Crippen LogP contribution in [-0.2, 0) is 43.9 Å². The van der Waals surface area contributed by atoms with Gasteiger partial charge in [-0.2, -0.15) is 0 Å². The van der Waals surface area contributed by atoms with Crippen LogP contribution in [0.4, 0.5) is 5.69 Å². The summed E-state index contributed by atoms with van der Waals surface area (Å²) in [7, 11) is 4.00. The first-order chi connectivity index (χ1) is 7.00. The van der Waals surface area contributed by atoms with Crippen molar-refractivity contribution in [3.8, 4) is 0 Å². The maximum atomic E-state index is 10.4. The number of anilines is 1. The monoisotopic (exact) mass is 296 g/mol. The van der Waals surface area contributed by atoms with Gasteiger partial charge >= 0.3 is 5.97 Å². The number of carboxylic acid groups (broad SMARTS) is 1. The van der Waals surface area contributed by atoms with Gasteiger partial charge in [-0.15, -0.1) is 0 Å². The summed E-state index contributed by atoms with van der Waals surface area (Å²) in [5.41, 5.74) is 3.44. The molecule has 0 aromatic heterocycles. The number of rotatable bonds is 4. The molecule has 4 heteroatoms. The zero-order valence-electron chi connectivity index (χ0n) is 10.0. The van der Waals surface area contributed by atoms with E-state index in [0.717, 1.165) is 5.56 Å². The van der Waals surface area contributed by atoms with Gasteiger partial charge in [0.2, 0.25) is 0 Å². The SMILES string of the molecule is Cc1cc(CCC(=O)O)ccc1N(C)C.[Y]. The summed E-state index contributed by atoms with van der Waals surface area (Å²) in [6.45, 7) is 2.04. The van der Waals surface area contributed by atoms with Gasteiger partial charge in [0.25, 0.3) is 0 Å². The third-order valence-electron chi connectivity index (χ3n) is 2.37. The number of aliphatic carboxylic acids is 1. The number of carbonyl (C=O) groups is 1. The van der Waals surface area contributed by atoms with E-state index in [2.05, 4.69) is 11.0 Å². The first kappa shape index (κ1) is 15.6. The molecule has 16 heavy (non-hydrogen) atoms. The van der Waals surface area contributed by atoms with Crippen LogP contribution in [0.1, 0.15) is 17.5 Å². The van der Waals surface area contributed by atoms with Crippen LogP contribution in [0.15, 0.2) is 18.2 Å². The predicted molar refractivity (Wildman–Crippen MR) is 61.5 cm³/mol. The topological polar surface area (TPSA) is 40.5 Å². The third kappa shape index (κ3) is 4.62. The molecule has 1 N–H and O–H groups in total. The van der Waals surface area contributed by atoms with Gasteiger partial charge in [0.15, 0.2) is 0 Å². The molecule has 0 spiro atoms. The molecule has 0 saturated carbocycles. The molecule has 0 saturated heterocycles. The van der Waals surface area contributed by atoms with Crippen LogP contribution in [0.25, 0.3) is 0 Å². The molecule has 1 aromatic carbocycles. The molecular weight excluding hydrogens is 279 g/mol. The van der Waals surface area contributed by atoms with Gasteiger partial charge in [0.1, 0.15) is 0 Å². The molecule has 0 aliphatic rings. The van der Waals surface area contributed by atoms with Crippen LogP contribution in [0.5, 0.6) is 0 Å². The van der Waals surface area contributed by atoms with Crippen LogP contribution in [0.3, 0.4) is 0 Å². The van der Waals surface area contributed by atoms with Gasteiger partial charge in [0, 0.05) is 58.9 Å². The fraction of sp³-hybridized carbons (Fsp3) is 0.417. The van der Waals surface area contributed by atoms with Gasteiger partial charge in [-0.25, -0.2) is 0 Å². The van der Waals surface area contributed by atoms with Gasteiger partial charge in [-0.1, -0.05) is 12.1 Å². The summed E-state index contributed by atoms with van der Waals surface area (Å²) in [4.78, 5) is 12.5. The van der Waals surface area contributed by atoms with E-state index in [1.165, 1.54) is 11.3 Å². The molecule has 1 aromatic rings. The number of benzene rings is 1. The summed E-state index contributed by atoms with van der Waals surface area (Å²) >= 11 is 0. The Labute approximate surface area is 122 Å². The Morgan fingerprint density at radius 2 is 2.00 bits per heavy atom. The third-order valence-corrected chi connectivity index (χ3v) is 2.37. The maximum absolute atomic E-state index is 10.4. The van der Waals surface area contributed by atoms with Crippen molar-refractivity contribution in [2.24, 2.45) is 0 Å². The van der Waals surface area contributed by atoms with Crippen LogP contribution in [0.2, 0.25) is 0 Å². The van der Waals surface area contributed by atoms with E-state index in [1.54, 1.807) is 0 Å². The fourth-order valence-electron chi connectivity index (χ4n) is 1.63. The van der Waals surface area contributed by atoms with Gasteiger partial charge in [0.05, 0.1) is 0 Å². The molecule has 0 heterocycles. The van der Waals surface area contributed by atoms with E-state index in [9.17, 15) is 4.79 Å². The number of carboxylic acids is 1. The van der Waals surface area contributed by atoms with E-state index in [1.807, 2.05) is 33.2 Å². The second kappa shape index (κ2) is 7.02. The minimum absolute atomic E-state index is 0. The largest absolute Gasteiger partial charge is 0.481 e. The van der Waals surface area contributed by atoms with Gasteiger partial charge < -0.3 is 10.0 Å². The Bertz CT molecular complexity index is 364. The van der Waals surface area contributed by atoms with Crippen molar-refractivity contribution in [3.05, 3.63) is 29.3 Å². The van der Waals surface area contributed by atoms with Gasteiger partial charge in [-0.05, 0) is 30.5 Å². The Morgan fingerprint density at radius 3 is 2.44 bits per heavy atom. The van der Waals surface area contributed by atoms with E-state index in [0.29, 0.717) is 6.42 Å². The Hall–Kier alpha value is -0.406. The molecule has 0 unspecified atom stereocenters. The molecule has 1 rings (SSSR count). The molecule has 0 bridgehead atoms. The normalized spacial score (nSPS) is 9.44. The average Bonchev–Trinajstić information content (AvgIpc) is 2.14. The first-order valence-electron chi connectivity index (χ1n) is 4.99. The second-order valence-electron chi connectivity index (χ2n) is 3.91. The molecule has 0 fully saturated rings. The summed E-state index contributed by atoms with van der Waals surface area (Å²) in [5.74, 6) is -0.746. The first-order valence-corrected chi connectivity index (χ1v) is 4.99. The predicted octanol–water partition coefficient (Wildman–Crippen LogP) is 2.08. The molecular formula is C12H17NO2Y. The molecule has 85 valence electrons. The fourth-order valence-corrected chi connectivity index (χ4v) is 1.63. The van der Waals surface area contributed by atoms with Gasteiger partial charge in [-0.3, -0.25) is 4.79 Å². The summed E-state index contributed by atoms with van der Waals surface area (Å²) in [6.07, 6.45) is 0.796. The molecule has 1 radical (unpaired) electrons. The zero-order valence-corrected chi connectivity index (χ0v) is 12.9.